The summed E-state index contributed by atoms with van der Waals surface area (Å²) in [6.45, 7) is 4.44. The summed E-state index contributed by atoms with van der Waals surface area (Å²) >= 11 is 3.48. The lowest BCUT2D eigenvalue weighted by molar-refractivity contribution is 0.303. The van der Waals surface area contributed by atoms with Crippen LogP contribution in [-0.2, 0) is 6.42 Å². The molecule has 0 saturated heterocycles. The minimum Gasteiger partial charge on any atom is -0.490 e. The first kappa shape index (κ1) is 13.7. The van der Waals surface area contributed by atoms with Crippen LogP contribution >= 0.6 is 15.9 Å². The quantitative estimate of drug-likeness (QED) is 0.811. The van der Waals surface area contributed by atoms with Crippen molar-refractivity contribution in [3.8, 4) is 11.4 Å². The number of ether oxygens (including phenoxy) is 1. The van der Waals surface area contributed by atoms with Crippen LogP contribution in [0, 0.1) is 5.92 Å². The highest BCUT2D eigenvalue weighted by atomic mass is 79.9. The fraction of sp³-hybridized carbons (Fsp3) is 0.438. The molecule has 1 aromatic heterocycles. The Morgan fingerprint density at radius 2 is 2.15 bits per heavy atom. The van der Waals surface area contributed by atoms with Gasteiger partial charge in [-0.1, -0.05) is 19.9 Å². The molecule has 0 atom stereocenters. The smallest absolute Gasteiger partial charge is 0.128 e. The summed E-state index contributed by atoms with van der Waals surface area (Å²) in [5, 5.41) is 4.55. The fourth-order valence-electron chi connectivity index (χ4n) is 2.24. The summed E-state index contributed by atoms with van der Waals surface area (Å²) in [6.07, 6.45) is 3.78. The van der Waals surface area contributed by atoms with Gasteiger partial charge in [-0.05, 0) is 59.3 Å². The van der Waals surface area contributed by atoms with Crippen LogP contribution in [-0.4, -0.2) is 15.9 Å². The molecular weight excluding hydrogens is 316 g/mol. The highest BCUT2D eigenvalue weighted by Crippen LogP contribution is 2.28. The molecule has 3 rings (SSSR count). The summed E-state index contributed by atoms with van der Waals surface area (Å²) in [7, 11) is 0. The second kappa shape index (κ2) is 5.60. The maximum atomic E-state index is 5.86. The van der Waals surface area contributed by atoms with Gasteiger partial charge in [0.2, 0.25) is 0 Å². The molecule has 0 amide bonds. The number of aromatic nitrogens is 2. The van der Waals surface area contributed by atoms with E-state index in [-0.39, 0.29) is 0 Å². The van der Waals surface area contributed by atoms with Gasteiger partial charge in [-0.3, -0.25) is 0 Å². The third kappa shape index (κ3) is 3.23. The monoisotopic (exact) mass is 334 g/mol. The number of hydrogen-bond donors (Lipinski definition) is 0. The van der Waals surface area contributed by atoms with Crippen LogP contribution in [0.2, 0.25) is 0 Å². The van der Waals surface area contributed by atoms with Gasteiger partial charge in [0, 0.05) is 11.8 Å². The summed E-state index contributed by atoms with van der Waals surface area (Å²) < 4.78 is 8.74. The molecule has 0 radical (unpaired) electrons. The third-order valence-electron chi connectivity index (χ3n) is 3.26. The highest BCUT2D eigenvalue weighted by Gasteiger charge is 2.23. The normalized spacial score (nSPS) is 14.8. The lowest BCUT2D eigenvalue weighted by Gasteiger charge is -2.11. The molecule has 0 aliphatic heterocycles. The van der Waals surface area contributed by atoms with Crippen LogP contribution in [0.15, 0.2) is 34.9 Å². The van der Waals surface area contributed by atoms with Crippen molar-refractivity contribution >= 4 is 15.9 Å². The van der Waals surface area contributed by atoms with Gasteiger partial charge in [0.25, 0.3) is 0 Å². The van der Waals surface area contributed by atoms with Gasteiger partial charge in [0.05, 0.1) is 11.8 Å². The first-order chi connectivity index (χ1) is 9.61. The van der Waals surface area contributed by atoms with Gasteiger partial charge >= 0.3 is 0 Å². The molecule has 1 aliphatic rings. The fourth-order valence-corrected chi connectivity index (χ4v) is 2.66. The number of hydrogen-bond acceptors (Lipinski definition) is 2. The van der Waals surface area contributed by atoms with E-state index in [9.17, 15) is 0 Å². The predicted octanol–water partition coefficient (Wildman–Crippen LogP) is 4.37. The van der Waals surface area contributed by atoms with E-state index >= 15 is 0 Å². The standard InChI is InChI=1S/C16H19BrN2O/c1-11(2)8-13-10-16(17)18-19(13)12-4-3-5-15(9-12)20-14-6-7-14/h3-5,9-11,14H,6-8H2,1-2H3. The van der Waals surface area contributed by atoms with E-state index in [2.05, 4.69) is 53.1 Å². The van der Waals surface area contributed by atoms with E-state index < -0.39 is 0 Å². The Morgan fingerprint density at radius 3 is 2.85 bits per heavy atom. The molecule has 1 aliphatic carbocycles. The van der Waals surface area contributed by atoms with Crippen molar-refractivity contribution in [3.63, 3.8) is 0 Å². The van der Waals surface area contributed by atoms with Gasteiger partial charge in [-0.2, -0.15) is 5.10 Å². The van der Waals surface area contributed by atoms with Crippen LogP contribution < -0.4 is 4.74 Å². The molecule has 3 nitrogen and oxygen atoms in total. The number of nitrogens with zero attached hydrogens (tertiary/aromatic N) is 2. The number of rotatable bonds is 5. The van der Waals surface area contributed by atoms with E-state index in [1.165, 1.54) is 18.5 Å². The lowest BCUT2D eigenvalue weighted by atomic mass is 10.1. The van der Waals surface area contributed by atoms with Gasteiger partial charge in [-0.15, -0.1) is 0 Å². The first-order valence-corrected chi connectivity index (χ1v) is 7.92. The largest absolute Gasteiger partial charge is 0.490 e. The molecule has 1 aromatic carbocycles. The van der Waals surface area contributed by atoms with Crippen molar-refractivity contribution in [1.82, 2.24) is 9.78 Å². The molecule has 0 bridgehead atoms. The van der Waals surface area contributed by atoms with E-state index in [1.807, 2.05) is 16.8 Å². The lowest BCUT2D eigenvalue weighted by Crippen LogP contribution is -2.06. The zero-order valence-corrected chi connectivity index (χ0v) is 13.4. The molecule has 0 spiro atoms. The predicted molar refractivity (Wildman–Crippen MR) is 83.5 cm³/mol. The molecule has 1 saturated carbocycles. The average molecular weight is 335 g/mol. The topological polar surface area (TPSA) is 27.1 Å². The van der Waals surface area contributed by atoms with Crippen molar-refractivity contribution in [2.45, 2.75) is 39.2 Å². The number of benzene rings is 1. The molecule has 2 aromatic rings. The molecule has 0 unspecified atom stereocenters. The van der Waals surface area contributed by atoms with E-state index in [0.29, 0.717) is 12.0 Å². The van der Waals surface area contributed by atoms with Crippen LogP contribution in [0.4, 0.5) is 0 Å². The molecule has 1 heterocycles. The Morgan fingerprint density at radius 1 is 1.35 bits per heavy atom. The summed E-state index contributed by atoms with van der Waals surface area (Å²) in [6, 6.07) is 10.3. The first-order valence-electron chi connectivity index (χ1n) is 7.13. The van der Waals surface area contributed by atoms with Crippen molar-refractivity contribution in [1.29, 1.82) is 0 Å². The maximum absolute atomic E-state index is 5.86. The number of halogens is 1. The third-order valence-corrected chi connectivity index (χ3v) is 3.65. The van der Waals surface area contributed by atoms with Crippen LogP contribution in [0.5, 0.6) is 5.75 Å². The van der Waals surface area contributed by atoms with Crippen LogP contribution in [0.3, 0.4) is 0 Å². The summed E-state index contributed by atoms with van der Waals surface area (Å²) in [5.74, 6) is 1.54. The minimum absolute atomic E-state index is 0.421. The second-order valence-corrected chi connectivity index (χ2v) is 6.60. The van der Waals surface area contributed by atoms with E-state index in [4.69, 9.17) is 4.74 Å². The van der Waals surface area contributed by atoms with E-state index in [0.717, 1.165) is 22.5 Å². The second-order valence-electron chi connectivity index (χ2n) is 5.78. The van der Waals surface area contributed by atoms with Gasteiger partial charge in [0.15, 0.2) is 0 Å². The van der Waals surface area contributed by atoms with Crippen molar-refractivity contribution in [2.75, 3.05) is 0 Å². The Bertz CT molecular complexity index is 602. The Hall–Kier alpha value is -1.29. The highest BCUT2D eigenvalue weighted by molar-refractivity contribution is 9.10. The van der Waals surface area contributed by atoms with Crippen molar-refractivity contribution in [3.05, 3.63) is 40.6 Å². The summed E-state index contributed by atoms with van der Waals surface area (Å²) in [5.41, 5.74) is 2.28. The molecule has 4 heteroatoms. The molecular formula is C16H19BrN2O. The Labute approximate surface area is 128 Å². The summed E-state index contributed by atoms with van der Waals surface area (Å²) in [4.78, 5) is 0. The molecule has 106 valence electrons. The Balaban J connectivity index is 1.90. The average Bonchev–Trinajstić information content (AvgIpc) is 3.12. The molecule has 20 heavy (non-hydrogen) atoms. The van der Waals surface area contributed by atoms with Crippen LogP contribution in [0.1, 0.15) is 32.4 Å². The van der Waals surface area contributed by atoms with Gasteiger partial charge in [-0.25, -0.2) is 4.68 Å². The molecule has 0 N–H and O–H groups in total. The Kier molecular flexibility index (Phi) is 3.83. The minimum atomic E-state index is 0.421. The SMILES string of the molecule is CC(C)Cc1cc(Br)nn1-c1cccc(OC2CC2)c1. The van der Waals surface area contributed by atoms with Crippen molar-refractivity contribution < 1.29 is 4.74 Å². The van der Waals surface area contributed by atoms with Gasteiger partial charge in [0.1, 0.15) is 10.4 Å². The zero-order chi connectivity index (χ0) is 14.1. The van der Waals surface area contributed by atoms with Gasteiger partial charge < -0.3 is 4.74 Å². The maximum Gasteiger partial charge on any atom is 0.128 e. The van der Waals surface area contributed by atoms with Crippen molar-refractivity contribution in [2.24, 2.45) is 5.92 Å². The zero-order valence-electron chi connectivity index (χ0n) is 11.8. The van der Waals surface area contributed by atoms with E-state index in [1.54, 1.807) is 0 Å². The molecule has 1 fully saturated rings. The van der Waals surface area contributed by atoms with Crippen LogP contribution in [0.25, 0.3) is 5.69 Å².